The second kappa shape index (κ2) is 20.4. The molecule has 0 aliphatic rings. The van der Waals surface area contributed by atoms with Crippen molar-refractivity contribution in [1.29, 1.82) is 0 Å². The molecule has 2 amide bonds. The molecule has 2 atom stereocenters. The van der Waals surface area contributed by atoms with Gasteiger partial charge < -0.3 is 15.7 Å². The van der Waals surface area contributed by atoms with Crippen LogP contribution in [0.4, 0.5) is 13.2 Å². The number of amides is 2. The largest absolute Gasteiger partial charge is 0.481 e. The Morgan fingerprint density at radius 1 is 0.564 bits per heavy atom. The van der Waals surface area contributed by atoms with Gasteiger partial charge in [-0.05, 0) is 33.7 Å². The van der Waals surface area contributed by atoms with Gasteiger partial charge in [0.25, 0.3) is 5.78 Å². The van der Waals surface area contributed by atoms with Crippen molar-refractivity contribution >= 4 is 23.6 Å². The summed E-state index contributed by atoms with van der Waals surface area (Å²) in [7, 11) is 0. The van der Waals surface area contributed by atoms with E-state index in [1.807, 2.05) is 121 Å². The van der Waals surface area contributed by atoms with Gasteiger partial charge in [-0.2, -0.15) is 13.2 Å². The normalized spacial score (nSPS) is 12.3. The molecule has 55 heavy (non-hydrogen) atoms. The first kappa shape index (κ1) is 41.7. The van der Waals surface area contributed by atoms with Crippen molar-refractivity contribution in [1.82, 2.24) is 10.6 Å². The molecule has 5 aromatic rings. The molecule has 286 valence electrons. The SMILES string of the molecule is CC(C)[C@H](NC(=O)[C@H](Cc1ccccc1)NC(=O)CC(c1ccccc1)c1ccccc1)C(=O)C(F)(F)F.O=C(O)CC(c1ccccc1)c1ccccc1. The fraction of sp³-hybridized carbons (Fsp3) is 0.244. The standard InChI is InChI=1S/C30H31F3N2O3.C15H14O2/c1-20(2)27(28(37)30(31,32)33)35-29(38)25(18-21-12-6-3-7-13-21)34-26(36)19-24(22-14-8-4-9-15-22)23-16-10-5-11-17-23;16-15(17)11-14(12-7-3-1-4-8-12)13-9-5-2-6-10-13/h3-17,20,24-25,27H,18-19H2,1-2H3,(H,34,36)(H,35,38);1-10,14H,11H2,(H,16,17)/t25-,27-;/m0./s1. The molecule has 5 rings (SSSR count). The summed E-state index contributed by atoms with van der Waals surface area (Å²) in [5, 5.41) is 14.0. The summed E-state index contributed by atoms with van der Waals surface area (Å²) in [6.07, 6.45) is -4.92. The average molecular weight is 751 g/mol. The second-order valence-corrected chi connectivity index (χ2v) is 13.5. The van der Waals surface area contributed by atoms with Crippen LogP contribution in [0.1, 0.15) is 66.3 Å². The summed E-state index contributed by atoms with van der Waals surface area (Å²) in [6.45, 7) is 2.84. The molecule has 3 N–H and O–H groups in total. The van der Waals surface area contributed by atoms with Crippen LogP contribution in [0.2, 0.25) is 0 Å². The number of benzene rings is 5. The molecule has 0 heterocycles. The Kier molecular flexibility index (Phi) is 15.5. The van der Waals surface area contributed by atoms with Gasteiger partial charge in [-0.25, -0.2) is 0 Å². The number of carboxylic acid groups (broad SMARTS) is 1. The Morgan fingerprint density at radius 3 is 1.27 bits per heavy atom. The summed E-state index contributed by atoms with van der Waals surface area (Å²) in [5.74, 6) is -5.28. The number of alkyl halides is 3. The van der Waals surface area contributed by atoms with E-state index in [1.165, 1.54) is 13.8 Å². The third kappa shape index (κ3) is 13.1. The minimum Gasteiger partial charge on any atom is -0.481 e. The second-order valence-electron chi connectivity index (χ2n) is 13.5. The van der Waals surface area contributed by atoms with E-state index in [4.69, 9.17) is 5.11 Å². The monoisotopic (exact) mass is 750 g/mol. The Balaban J connectivity index is 0.000000328. The van der Waals surface area contributed by atoms with E-state index in [9.17, 15) is 32.3 Å². The number of nitrogens with one attached hydrogen (secondary N) is 2. The summed E-state index contributed by atoms with van der Waals surface area (Å²) >= 11 is 0. The molecule has 0 fully saturated rings. The van der Waals surface area contributed by atoms with Crippen LogP contribution < -0.4 is 10.6 Å². The van der Waals surface area contributed by atoms with E-state index in [1.54, 1.807) is 30.3 Å². The lowest BCUT2D eigenvalue weighted by molar-refractivity contribution is -0.175. The van der Waals surface area contributed by atoms with Gasteiger partial charge in [0.15, 0.2) is 0 Å². The van der Waals surface area contributed by atoms with Crippen molar-refractivity contribution in [3.63, 3.8) is 0 Å². The molecule has 0 aliphatic carbocycles. The lowest BCUT2D eigenvalue weighted by Crippen LogP contribution is -2.56. The molecule has 5 aromatic carbocycles. The first-order valence-electron chi connectivity index (χ1n) is 18.0. The summed E-state index contributed by atoms with van der Waals surface area (Å²) in [6, 6.07) is 44.3. The van der Waals surface area contributed by atoms with E-state index < -0.39 is 47.7 Å². The van der Waals surface area contributed by atoms with Gasteiger partial charge in [-0.1, -0.05) is 166 Å². The van der Waals surface area contributed by atoms with Crippen LogP contribution in [0.3, 0.4) is 0 Å². The highest BCUT2D eigenvalue weighted by molar-refractivity contribution is 5.95. The van der Waals surface area contributed by atoms with E-state index in [0.717, 1.165) is 22.3 Å². The van der Waals surface area contributed by atoms with Crippen LogP contribution >= 0.6 is 0 Å². The maximum absolute atomic E-state index is 13.3. The van der Waals surface area contributed by atoms with Crippen molar-refractivity contribution in [2.24, 2.45) is 5.92 Å². The summed E-state index contributed by atoms with van der Waals surface area (Å²) in [4.78, 5) is 49.4. The van der Waals surface area contributed by atoms with Gasteiger partial charge in [-0.3, -0.25) is 19.2 Å². The van der Waals surface area contributed by atoms with E-state index >= 15 is 0 Å². The molecule has 0 aliphatic heterocycles. The number of carboxylic acids is 1. The molecule has 0 radical (unpaired) electrons. The number of ketones is 1. The Hall–Kier alpha value is -6.03. The number of rotatable bonds is 15. The highest BCUT2D eigenvalue weighted by atomic mass is 19.4. The molecule has 0 saturated heterocycles. The minimum atomic E-state index is -5.10. The van der Waals surface area contributed by atoms with Crippen LogP contribution in [0, 0.1) is 5.92 Å². The summed E-state index contributed by atoms with van der Waals surface area (Å²) < 4.78 is 39.5. The van der Waals surface area contributed by atoms with Crippen molar-refractivity contribution in [2.45, 2.75) is 63.2 Å². The zero-order valence-electron chi connectivity index (χ0n) is 30.7. The Bertz CT molecular complexity index is 1860. The van der Waals surface area contributed by atoms with Gasteiger partial charge in [0, 0.05) is 24.7 Å². The van der Waals surface area contributed by atoms with Crippen LogP contribution in [-0.2, 0) is 25.6 Å². The van der Waals surface area contributed by atoms with Crippen molar-refractivity contribution in [2.75, 3.05) is 0 Å². The molecule has 0 aromatic heterocycles. The number of halogens is 3. The average Bonchev–Trinajstić information content (AvgIpc) is 3.19. The first-order chi connectivity index (χ1) is 26.3. The molecule has 10 heteroatoms. The molecule has 0 bridgehead atoms. The van der Waals surface area contributed by atoms with Crippen molar-refractivity contribution in [3.8, 4) is 0 Å². The van der Waals surface area contributed by atoms with E-state index in [2.05, 4.69) is 10.6 Å². The molecule has 0 unspecified atom stereocenters. The number of hydrogen-bond donors (Lipinski definition) is 3. The first-order valence-corrected chi connectivity index (χ1v) is 18.0. The van der Waals surface area contributed by atoms with Gasteiger partial charge >= 0.3 is 12.1 Å². The fourth-order valence-corrected chi connectivity index (χ4v) is 6.24. The fourth-order valence-electron chi connectivity index (χ4n) is 6.24. The predicted octanol–water partition coefficient (Wildman–Crippen LogP) is 8.50. The van der Waals surface area contributed by atoms with Gasteiger partial charge in [0.1, 0.15) is 6.04 Å². The van der Waals surface area contributed by atoms with Crippen LogP contribution in [0.25, 0.3) is 0 Å². The lowest BCUT2D eigenvalue weighted by Gasteiger charge is -2.26. The smallest absolute Gasteiger partial charge is 0.452 e. The van der Waals surface area contributed by atoms with Crippen molar-refractivity contribution in [3.05, 3.63) is 179 Å². The maximum atomic E-state index is 13.3. The highest BCUT2D eigenvalue weighted by Gasteiger charge is 2.45. The van der Waals surface area contributed by atoms with Gasteiger partial charge in [0.2, 0.25) is 11.8 Å². The molecule has 7 nitrogen and oxygen atoms in total. The van der Waals surface area contributed by atoms with E-state index in [-0.39, 0.29) is 31.1 Å². The van der Waals surface area contributed by atoms with Crippen LogP contribution in [0.5, 0.6) is 0 Å². The number of hydrogen-bond acceptors (Lipinski definition) is 4. The third-order valence-corrected chi connectivity index (χ3v) is 9.04. The predicted molar refractivity (Wildman–Crippen MR) is 206 cm³/mol. The lowest BCUT2D eigenvalue weighted by atomic mass is 9.88. The number of carbonyl (C=O) groups is 4. The molecule has 0 saturated carbocycles. The topological polar surface area (TPSA) is 113 Å². The van der Waals surface area contributed by atoms with Gasteiger partial charge in [-0.15, -0.1) is 0 Å². The molecular weight excluding hydrogens is 705 g/mol. The molecule has 0 spiro atoms. The Morgan fingerprint density at radius 2 is 0.927 bits per heavy atom. The van der Waals surface area contributed by atoms with Crippen LogP contribution in [-0.4, -0.2) is 46.9 Å². The van der Waals surface area contributed by atoms with Crippen molar-refractivity contribution < 1.29 is 37.5 Å². The number of carbonyl (C=O) groups excluding carboxylic acids is 3. The van der Waals surface area contributed by atoms with Crippen LogP contribution in [0.15, 0.2) is 152 Å². The maximum Gasteiger partial charge on any atom is 0.452 e. The van der Waals surface area contributed by atoms with Gasteiger partial charge in [0.05, 0.1) is 12.5 Å². The molecular formula is C45H45F3N2O5. The minimum absolute atomic E-state index is 0.0156. The zero-order valence-corrected chi connectivity index (χ0v) is 30.7. The number of Topliss-reactive ketones (excluding diaryl/α,β-unsaturated/α-hetero) is 1. The highest BCUT2D eigenvalue weighted by Crippen LogP contribution is 2.29. The quantitative estimate of drug-likeness (QED) is 0.0994. The van der Waals surface area contributed by atoms with E-state index in [0.29, 0.717) is 5.56 Å². The third-order valence-electron chi connectivity index (χ3n) is 9.04. The zero-order chi connectivity index (χ0) is 39.8. The summed E-state index contributed by atoms with van der Waals surface area (Å²) in [5.41, 5.74) is 4.61. The Labute approximate surface area is 319 Å². The number of aliphatic carboxylic acids is 1.